The molecule has 4 saturated carbocycles. The largest absolute Gasteiger partial charge is 0.481 e. The van der Waals surface area contributed by atoms with E-state index in [4.69, 9.17) is 25.4 Å². The second-order valence-corrected chi connectivity index (χ2v) is 21.7. The zero-order chi connectivity index (χ0) is 46.0. The van der Waals surface area contributed by atoms with Crippen LogP contribution in [0.5, 0.6) is 0 Å². The summed E-state index contributed by atoms with van der Waals surface area (Å²) in [4.78, 5) is 36.7. The van der Waals surface area contributed by atoms with Crippen LogP contribution in [0.25, 0.3) is 0 Å². The van der Waals surface area contributed by atoms with Gasteiger partial charge >= 0.3 is 17.9 Å². The number of carboxylic acid groups (broad SMARTS) is 3. The van der Waals surface area contributed by atoms with E-state index in [1.54, 1.807) is 0 Å². The first-order valence-electron chi connectivity index (χ1n) is 22.2. The Kier molecular flexibility index (Phi) is 11.8. The fourth-order valence-corrected chi connectivity index (χ4v) is 14.5. The molecule has 62 heavy (non-hydrogen) atoms. The van der Waals surface area contributed by atoms with E-state index in [0.717, 1.165) is 25.7 Å². The number of terminal acetylenes is 1. The molecule has 0 radical (unpaired) electrons. The molecule has 0 unspecified atom stereocenters. The van der Waals surface area contributed by atoms with Gasteiger partial charge in [0.15, 0.2) is 24.8 Å². The van der Waals surface area contributed by atoms with Crippen molar-refractivity contribution in [1.82, 2.24) is 0 Å². The maximum Gasteiger partial charge on any atom is 0.335 e. The Hall–Kier alpha value is -2.69. The minimum atomic E-state index is -1.99. The minimum absolute atomic E-state index is 0.00360. The average Bonchev–Trinajstić information content (AvgIpc) is 3.21. The standard InChI is InChI=1S/C46H68O16/c1-9-46(22-47)26(60-36-23(27(48)29(50)32(61-36)34(53)54)21-59-37-31(52)28(49)30(51)33(62-37)35(55)56)11-13-44(7)43(6)12-10-24-25-20-40(3,38(57)58)15-14-39(25,2)16-17-41(24,4)42(43,5)18-19-45(44,46)8/h1,10,23,25-33,36-37,47-52H,11-22H2,2-8H3,(H,53,54)(H,55,56)(H,57,58)/t23-,25+,26+,27-,28+,29+,30+,31-,32+,33+,36-,37-,39-,40+,41-,42+,43+,44-,45-,46+/m1/s1. The number of aliphatic carboxylic acids is 3. The van der Waals surface area contributed by atoms with Gasteiger partial charge in [-0.2, -0.15) is 0 Å². The third-order valence-corrected chi connectivity index (χ3v) is 19.7. The van der Waals surface area contributed by atoms with Crippen molar-refractivity contribution in [2.24, 2.45) is 55.2 Å². The van der Waals surface area contributed by atoms with Crippen LogP contribution in [0.3, 0.4) is 0 Å². The van der Waals surface area contributed by atoms with Crippen molar-refractivity contribution >= 4 is 17.9 Å². The van der Waals surface area contributed by atoms with E-state index < -0.39 is 120 Å². The van der Waals surface area contributed by atoms with Gasteiger partial charge in [-0.3, -0.25) is 4.79 Å². The Bertz CT molecular complexity index is 1880. The molecular weight excluding hydrogens is 808 g/mol. The number of allylic oxidation sites excluding steroid dienone is 2. The van der Waals surface area contributed by atoms with Crippen molar-refractivity contribution in [3.63, 3.8) is 0 Å². The highest BCUT2D eigenvalue weighted by Crippen LogP contribution is 2.83. The summed E-state index contributed by atoms with van der Waals surface area (Å²) >= 11 is 0. The number of fused-ring (bicyclic) bond motifs is 7. The Balaban J connectivity index is 1.21. The fraction of sp³-hybridized carbons (Fsp3) is 0.848. The van der Waals surface area contributed by atoms with Crippen molar-refractivity contribution in [3.05, 3.63) is 11.6 Å². The maximum atomic E-state index is 12.6. The van der Waals surface area contributed by atoms with Gasteiger partial charge in [-0.15, -0.1) is 6.42 Å². The molecule has 6 fully saturated rings. The Morgan fingerprint density at radius 1 is 0.726 bits per heavy atom. The van der Waals surface area contributed by atoms with E-state index in [1.165, 1.54) is 5.57 Å². The molecule has 7 aliphatic rings. The van der Waals surface area contributed by atoms with Gasteiger partial charge in [0, 0.05) is 0 Å². The predicted octanol–water partition coefficient (Wildman–Crippen LogP) is 2.68. The molecule has 20 atom stereocenters. The number of carbonyl (C=O) groups is 3. The van der Waals surface area contributed by atoms with Crippen LogP contribution in [0.2, 0.25) is 0 Å². The van der Waals surface area contributed by atoms with E-state index in [9.17, 15) is 60.3 Å². The summed E-state index contributed by atoms with van der Waals surface area (Å²) in [6, 6.07) is 0. The number of carboxylic acids is 3. The maximum absolute atomic E-state index is 12.6. The van der Waals surface area contributed by atoms with Crippen LogP contribution in [0, 0.1) is 67.5 Å². The Labute approximate surface area is 363 Å². The Morgan fingerprint density at radius 2 is 1.31 bits per heavy atom. The van der Waals surface area contributed by atoms with Gasteiger partial charge in [-0.1, -0.05) is 59.1 Å². The van der Waals surface area contributed by atoms with Gasteiger partial charge in [0.1, 0.15) is 24.4 Å². The van der Waals surface area contributed by atoms with Gasteiger partial charge in [0.05, 0.1) is 42.2 Å². The number of rotatable bonds is 9. The molecule has 9 N–H and O–H groups in total. The smallest absolute Gasteiger partial charge is 0.335 e. The highest BCUT2D eigenvalue weighted by molar-refractivity contribution is 5.75. The summed E-state index contributed by atoms with van der Waals surface area (Å²) in [6.45, 7) is 14.5. The van der Waals surface area contributed by atoms with Crippen LogP contribution in [0.1, 0.15) is 113 Å². The second kappa shape index (κ2) is 15.5. The van der Waals surface area contributed by atoms with Crippen molar-refractivity contribution in [2.75, 3.05) is 13.2 Å². The number of ether oxygens (including phenoxy) is 4. The molecule has 0 aromatic carbocycles. The predicted molar refractivity (Wildman–Crippen MR) is 217 cm³/mol. The van der Waals surface area contributed by atoms with Gasteiger partial charge in [-0.25, -0.2) is 9.59 Å². The molecule has 7 rings (SSSR count). The van der Waals surface area contributed by atoms with Crippen LogP contribution < -0.4 is 0 Å². The molecule has 2 aliphatic heterocycles. The molecule has 0 aromatic rings. The van der Waals surface area contributed by atoms with Crippen LogP contribution >= 0.6 is 0 Å². The molecule has 0 spiro atoms. The molecule has 2 saturated heterocycles. The number of aliphatic hydroxyl groups is 6. The number of aliphatic hydroxyl groups excluding tert-OH is 6. The first-order chi connectivity index (χ1) is 28.7. The molecular formula is C46H68O16. The van der Waals surface area contributed by atoms with Gasteiger partial charge in [-0.05, 0) is 110 Å². The second-order valence-electron chi connectivity index (χ2n) is 21.7. The Morgan fingerprint density at radius 3 is 1.89 bits per heavy atom. The van der Waals surface area contributed by atoms with E-state index >= 15 is 0 Å². The zero-order valence-electron chi connectivity index (χ0n) is 37.0. The van der Waals surface area contributed by atoms with Crippen LogP contribution in [0.15, 0.2) is 11.6 Å². The molecule has 0 amide bonds. The van der Waals surface area contributed by atoms with Gasteiger partial charge in [0.25, 0.3) is 0 Å². The molecule has 16 nitrogen and oxygen atoms in total. The van der Waals surface area contributed by atoms with Crippen LogP contribution in [-0.2, 0) is 33.3 Å². The average molecular weight is 877 g/mol. The van der Waals surface area contributed by atoms with E-state index in [1.807, 2.05) is 6.92 Å². The van der Waals surface area contributed by atoms with Gasteiger partial charge in [0.2, 0.25) is 0 Å². The van der Waals surface area contributed by atoms with E-state index in [-0.39, 0.29) is 34.0 Å². The van der Waals surface area contributed by atoms with Crippen molar-refractivity contribution < 1.29 is 79.3 Å². The highest BCUT2D eigenvalue weighted by atomic mass is 16.7. The lowest BCUT2D eigenvalue weighted by molar-refractivity contribution is -0.345. The molecule has 2 heterocycles. The highest BCUT2D eigenvalue weighted by Gasteiger charge is 2.77. The van der Waals surface area contributed by atoms with Crippen LogP contribution in [0.4, 0.5) is 0 Å². The van der Waals surface area contributed by atoms with E-state index in [0.29, 0.717) is 32.1 Å². The quantitative estimate of drug-likeness (QED) is 0.0916. The number of hydrogen-bond acceptors (Lipinski definition) is 13. The molecule has 0 aromatic heterocycles. The fourth-order valence-electron chi connectivity index (χ4n) is 14.5. The molecule has 5 aliphatic carbocycles. The SMILES string of the molecule is C#C[C@]1(CO)[C@@H](O[C@@H]2O[C@H](C(=O)O)[C@@H](O)[C@H](O)[C@H]2CO[C@@H]2O[C@H](C(=O)O)[C@@H](O)[C@H](O)[C@H]2O)CC[C@]2(C)[C@@]3(C)CC=C4[C@@H]5C[C@@](C)(C(=O)O)CC[C@]5(C)CC[C@@]4(C)[C@]3(C)CC[C@]21C. The third-order valence-electron chi connectivity index (χ3n) is 19.7. The summed E-state index contributed by atoms with van der Waals surface area (Å²) < 4.78 is 23.5. The summed E-state index contributed by atoms with van der Waals surface area (Å²) in [5.41, 5.74) is -3.04. The number of hydrogen-bond donors (Lipinski definition) is 9. The summed E-state index contributed by atoms with van der Waals surface area (Å²) in [6.07, 6.45) is -2.22. The van der Waals surface area contributed by atoms with Crippen molar-refractivity contribution in [3.8, 4) is 12.3 Å². The van der Waals surface area contributed by atoms with Crippen molar-refractivity contribution in [2.45, 2.75) is 174 Å². The lowest BCUT2D eigenvalue weighted by Crippen LogP contribution is -2.74. The van der Waals surface area contributed by atoms with Crippen molar-refractivity contribution in [1.29, 1.82) is 0 Å². The van der Waals surface area contributed by atoms with E-state index in [2.05, 4.69) is 53.5 Å². The minimum Gasteiger partial charge on any atom is -0.481 e. The summed E-state index contributed by atoms with van der Waals surface area (Å²) in [5, 5.41) is 95.0. The molecule has 16 heteroatoms. The lowest BCUT2D eigenvalue weighted by Gasteiger charge is -2.78. The first-order valence-corrected chi connectivity index (χ1v) is 22.2. The summed E-state index contributed by atoms with van der Waals surface area (Å²) in [7, 11) is 0. The molecule has 348 valence electrons. The third kappa shape index (κ3) is 6.19. The zero-order valence-corrected chi connectivity index (χ0v) is 37.0. The monoisotopic (exact) mass is 876 g/mol. The summed E-state index contributed by atoms with van der Waals surface area (Å²) in [5.74, 6) is -2.26. The normalized spacial score (nSPS) is 53.7. The first kappa shape index (κ1) is 47.3. The molecule has 0 bridgehead atoms. The lowest BCUT2D eigenvalue weighted by atomic mass is 9.26. The topological polar surface area (TPSA) is 270 Å². The van der Waals surface area contributed by atoms with Crippen LogP contribution in [-0.4, -0.2) is 138 Å². The van der Waals surface area contributed by atoms with Gasteiger partial charge < -0.3 is 64.9 Å².